The topological polar surface area (TPSA) is 178 Å². The first-order chi connectivity index (χ1) is 5.00. The summed E-state index contributed by atoms with van der Waals surface area (Å²) in [6.07, 6.45) is 0. The Hall–Kier alpha value is 0.761. The molecule has 0 aromatic rings. The van der Waals surface area contributed by atoms with Crippen LogP contribution in [-0.2, 0) is 62.0 Å². The van der Waals surface area contributed by atoms with Crippen molar-refractivity contribution >= 4 is 20.8 Å². The zero-order valence-electron chi connectivity index (χ0n) is 5.32. The smallest absolute Gasteiger partial charge is 4.00 e. The minimum atomic E-state index is -5.17. The average Bonchev–Trinajstić information content (AvgIpc) is 1.59. The Morgan fingerprint density at radius 2 is 0.692 bits per heavy atom. The summed E-state index contributed by atoms with van der Waals surface area (Å²) in [7, 11) is -10.3. The molecule has 13 heavy (non-hydrogen) atoms. The van der Waals surface area contributed by atoms with E-state index in [0.717, 1.165) is 0 Å². The van der Waals surface area contributed by atoms with E-state index in [1.807, 2.05) is 0 Å². The molecule has 0 spiro atoms. The van der Waals surface area contributed by atoms with E-state index >= 15 is 0 Å². The minimum absolute atomic E-state index is 0. The molecule has 0 atom stereocenters. The van der Waals surface area contributed by atoms with Crippen LogP contribution in [-0.4, -0.2) is 35.0 Å². The van der Waals surface area contributed by atoms with Crippen LogP contribution < -0.4 is 0 Å². The third-order valence-electron chi connectivity index (χ3n) is 0. The van der Waals surface area contributed by atoms with Gasteiger partial charge in [-0.05, 0) is 0 Å². The molecule has 0 saturated heterocycles. The van der Waals surface area contributed by atoms with Gasteiger partial charge < -0.3 is 18.2 Å². The Labute approximate surface area is 96.7 Å². The third kappa shape index (κ3) is 2550. The van der Waals surface area contributed by atoms with E-state index in [4.69, 9.17) is 38.9 Å². The Morgan fingerprint density at radius 3 is 0.692 bits per heavy atom. The average molecular weight is 315 g/mol. The van der Waals surface area contributed by atoms with Crippen LogP contribution in [0.3, 0.4) is 0 Å². The van der Waals surface area contributed by atoms with Gasteiger partial charge in [0.2, 0.25) is 0 Å². The van der Waals surface area contributed by atoms with Gasteiger partial charge in [0.05, 0.1) is 0 Å². The van der Waals surface area contributed by atoms with Crippen molar-refractivity contribution in [3.8, 4) is 0 Å². The second kappa shape index (κ2) is 10.8. The molecule has 0 saturated carbocycles. The summed E-state index contributed by atoms with van der Waals surface area (Å²) >= 11 is 2.31. The van der Waals surface area contributed by atoms with E-state index in [2.05, 4.69) is 15.7 Å². The molecule has 0 aliphatic carbocycles. The zero-order chi connectivity index (χ0) is 11.0. The van der Waals surface area contributed by atoms with Gasteiger partial charge >= 0.3 is 41.3 Å². The first-order valence-electron chi connectivity index (χ1n) is 1.47. The van der Waals surface area contributed by atoms with Crippen molar-refractivity contribution in [3.05, 3.63) is 0 Å². The van der Waals surface area contributed by atoms with Crippen molar-refractivity contribution in [2.45, 2.75) is 0 Å². The molecule has 9 nitrogen and oxygen atoms in total. The van der Waals surface area contributed by atoms with Gasteiger partial charge in [-0.25, -0.2) is 0 Å². The molecule has 0 unspecified atom stereocenters. The van der Waals surface area contributed by atoms with Crippen molar-refractivity contribution < 1.29 is 76.3 Å². The summed E-state index contributed by atoms with van der Waals surface area (Å²) in [6.45, 7) is 0. The molecule has 0 aromatic heterocycles. The Bertz CT molecular complexity index is 227. The van der Waals surface area contributed by atoms with E-state index in [-0.39, 0.29) is 21.7 Å². The summed E-state index contributed by atoms with van der Waals surface area (Å²) in [5.41, 5.74) is 0. The molecule has 0 N–H and O–H groups in total. The van der Waals surface area contributed by atoms with E-state index in [0.29, 0.717) is 0 Å². The van der Waals surface area contributed by atoms with Gasteiger partial charge in [-0.3, -0.25) is 16.8 Å². The molecule has 0 rings (SSSR count). The molecule has 0 aliphatic heterocycles. The fourth-order valence-corrected chi connectivity index (χ4v) is 0. The van der Waals surface area contributed by atoms with Crippen LogP contribution in [0.25, 0.3) is 0 Å². The standard InChI is InChI=1S/Co.2H2O4S.O.Ti/c;2*1-5(2,3)4;;/h;2*(H2,1,2,3,4);;/q;;;;+4/p-4. The maximum absolute atomic E-state index is 8.52. The van der Waals surface area contributed by atoms with Gasteiger partial charge in [0.15, 0.2) is 0 Å². The summed E-state index contributed by atoms with van der Waals surface area (Å²) in [4.78, 5) is 0. The van der Waals surface area contributed by atoms with Crippen LogP contribution in [0.15, 0.2) is 0 Å². The molecule has 0 radical (unpaired) electrons. The number of rotatable bonds is 0. The van der Waals surface area contributed by atoms with Gasteiger partial charge in [0, 0.05) is 20.8 Å². The van der Waals surface area contributed by atoms with E-state index in [1.165, 1.54) is 0 Å². The molecular formula is CoO9S2Ti. The van der Waals surface area contributed by atoms with Crippen LogP contribution in [0, 0.1) is 0 Å². The third-order valence-corrected chi connectivity index (χ3v) is 0. The van der Waals surface area contributed by atoms with E-state index < -0.39 is 20.8 Å². The van der Waals surface area contributed by atoms with Gasteiger partial charge in [-0.2, -0.15) is 0 Å². The minimum Gasteiger partial charge on any atom is 4.00 e. The number of hydrogen-bond acceptors (Lipinski definition) is 9. The Kier molecular flexibility index (Phi) is 19.6. The van der Waals surface area contributed by atoms with Gasteiger partial charge in [0.1, 0.15) is 0 Å². The molecular weight excluding hydrogens is 315 g/mol. The summed E-state index contributed by atoms with van der Waals surface area (Å²) in [6, 6.07) is 0. The van der Waals surface area contributed by atoms with Crippen LogP contribution in [0.2, 0.25) is 0 Å². The first-order valence-corrected chi connectivity index (χ1v) is 4.56. The van der Waals surface area contributed by atoms with Crippen LogP contribution in [0.1, 0.15) is 0 Å². The normalized spacial score (nSPS) is 9.31. The van der Waals surface area contributed by atoms with Crippen LogP contribution in [0.4, 0.5) is 0 Å². The maximum Gasteiger partial charge on any atom is 4.00 e. The van der Waals surface area contributed by atoms with Crippen molar-refractivity contribution in [3.63, 3.8) is 0 Å². The first kappa shape index (κ1) is 23.5. The second-order valence-electron chi connectivity index (χ2n) is 0.816. The largest absolute Gasteiger partial charge is 4.00 e. The molecule has 79 valence electrons. The van der Waals surface area contributed by atoms with E-state index in [1.54, 1.807) is 0 Å². The Morgan fingerprint density at radius 1 is 0.692 bits per heavy atom. The molecule has 0 bridgehead atoms. The van der Waals surface area contributed by atoms with Crippen LogP contribution >= 0.6 is 0 Å². The molecule has 0 aliphatic rings. The summed E-state index contributed by atoms with van der Waals surface area (Å²) in [5, 5.41) is 0. The molecule has 13 heteroatoms. The van der Waals surface area contributed by atoms with Crippen molar-refractivity contribution in [2.24, 2.45) is 0 Å². The maximum atomic E-state index is 8.52. The van der Waals surface area contributed by atoms with Crippen molar-refractivity contribution in [2.75, 3.05) is 0 Å². The van der Waals surface area contributed by atoms with Gasteiger partial charge in [-0.1, -0.05) is 0 Å². The Balaban J connectivity index is -0.0000000491. The number of hydrogen-bond donors (Lipinski definition) is 0. The summed E-state index contributed by atoms with van der Waals surface area (Å²) in [5.74, 6) is 0. The van der Waals surface area contributed by atoms with E-state index in [9.17, 15) is 0 Å². The van der Waals surface area contributed by atoms with Crippen molar-refractivity contribution in [1.29, 1.82) is 0 Å². The van der Waals surface area contributed by atoms with Gasteiger partial charge in [0.25, 0.3) is 0 Å². The fourth-order valence-electron chi connectivity index (χ4n) is 0. The SMILES string of the molecule is O=S(=O)([O-])[O-].O=S(=O)([O-])[O-].[O]=[Co].[Ti+4]. The predicted octanol–water partition coefficient (Wildman–Crippen LogP) is -2.80. The molecule has 0 aromatic carbocycles. The monoisotopic (exact) mass is 315 g/mol. The zero-order valence-corrected chi connectivity index (χ0v) is 9.56. The second-order valence-corrected chi connectivity index (χ2v) is 2.45. The molecule has 0 amide bonds. The van der Waals surface area contributed by atoms with Crippen LogP contribution in [0.5, 0.6) is 0 Å². The molecule has 0 fully saturated rings. The molecule has 0 heterocycles. The fraction of sp³-hybridized carbons (Fsp3) is 0. The van der Waals surface area contributed by atoms with Gasteiger partial charge in [-0.15, -0.1) is 0 Å². The quantitative estimate of drug-likeness (QED) is 0.259. The van der Waals surface area contributed by atoms with Crippen molar-refractivity contribution in [1.82, 2.24) is 0 Å². The predicted molar refractivity (Wildman–Crippen MR) is 21.6 cm³/mol. The summed E-state index contributed by atoms with van der Waals surface area (Å²) < 4.78 is 76.1.